The van der Waals surface area contributed by atoms with Crippen molar-refractivity contribution in [3.63, 3.8) is 0 Å². The lowest BCUT2D eigenvalue weighted by Gasteiger charge is -2.13. The van der Waals surface area contributed by atoms with Crippen LogP contribution in [0.3, 0.4) is 0 Å². The van der Waals surface area contributed by atoms with E-state index in [1.807, 2.05) is 30.3 Å². The molecule has 0 aliphatic rings. The van der Waals surface area contributed by atoms with Crippen LogP contribution in [0.2, 0.25) is 0 Å². The van der Waals surface area contributed by atoms with E-state index < -0.39 is 10.0 Å². The van der Waals surface area contributed by atoms with Gasteiger partial charge in [-0.3, -0.25) is 5.21 Å². The molecule has 21 heavy (non-hydrogen) atoms. The molecule has 0 atom stereocenters. The highest BCUT2D eigenvalue weighted by molar-refractivity contribution is 7.89. The second kappa shape index (κ2) is 7.04. The second-order valence-corrected chi connectivity index (χ2v) is 6.12. The van der Waals surface area contributed by atoms with Crippen LogP contribution in [-0.2, 0) is 10.0 Å². The Morgan fingerprint density at radius 3 is 2.14 bits per heavy atom. The molecular weight excluding hydrogens is 286 g/mol. The average molecular weight is 301 g/mol. The van der Waals surface area contributed by atoms with E-state index >= 15 is 0 Å². The molecule has 1 N–H and O–H groups in total. The first kappa shape index (κ1) is 15.3. The van der Waals surface area contributed by atoms with Gasteiger partial charge < -0.3 is 0 Å². The molecule has 108 valence electrons. The summed E-state index contributed by atoms with van der Waals surface area (Å²) in [5, 5.41) is 9.71. The van der Waals surface area contributed by atoms with Crippen LogP contribution in [0.4, 0.5) is 0 Å². The first-order valence-electron chi connectivity index (χ1n) is 6.41. The molecule has 0 aliphatic heterocycles. The molecule has 2 rings (SSSR count). The Labute approximate surface area is 124 Å². The molecule has 4 nitrogen and oxygen atoms in total. The van der Waals surface area contributed by atoms with E-state index in [4.69, 9.17) is 0 Å². The van der Waals surface area contributed by atoms with Gasteiger partial charge in [-0.05, 0) is 24.3 Å². The van der Waals surface area contributed by atoms with E-state index in [9.17, 15) is 13.6 Å². The minimum Gasteiger partial charge on any atom is -0.299 e. The molecule has 0 heterocycles. The Kier molecular flexibility index (Phi) is 5.12. The second-order valence-electron chi connectivity index (χ2n) is 4.28. The Morgan fingerprint density at radius 1 is 0.952 bits per heavy atom. The Balaban J connectivity index is 1.97. The number of benzene rings is 2. The van der Waals surface area contributed by atoms with Crippen molar-refractivity contribution in [2.75, 3.05) is 6.54 Å². The summed E-state index contributed by atoms with van der Waals surface area (Å²) in [7, 11) is -3.86. The van der Waals surface area contributed by atoms with Gasteiger partial charge in [0.15, 0.2) is 0 Å². The summed E-state index contributed by atoms with van der Waals surface area (Å²) >= 11 is 0. The van der Waals surface area contributed by atoms with Crippen molar-refractivity contribution in [1.29, 1.82) is 0 Å². The number of sulfonamides is 1. The third-order valence-electron chi connectivity index (χ3n) is 2.75. The van der Waals surface area contributed by atoms with E-state index in [1.54, 1.807) is 18.2 Å². The third kappa shape index (κ3) is 4.17. The zero-order valence-electron chi connectivity index (χ0n) is 11.3. The Hall–Kier alpha value is -2.13. The SMILES string of the molecule is O=S(=O)(c1ccccc1)N(O)CCC#Cc1ccccc1. The molecule has 0 saturated heterocycles. The van der Waals surface area contributed by atoms with E-state index in [1.165, 1.54) is 12.1 Å². The fraction of sp³-hybridized carbons (Fsp3) is 0.125. The van der Waals surface area contributed by atoms with Gasteiger partial charge in [0.2, 0.25) is 0 Å². The molecule has 0 fully saturated rings. The average Bonchev–Trinajstić information content (AvgIpc) is 2.53. The first-order chi connectivity index (χ1) is 10.1. The number of hydrogen-bond acceptors (Lipinski definition) is 3. The number of hydrogen-bond donors (Lipinski definition) is 1. The zero-order chi connectivity index (χ0) is 15.1. The molecule has 2 aromatic carbocycles. The lowest BCUT2D eigenvalue weighted by atomic mass is 10.2. The van der Waals surface area contributed by atoms with Crippen LogP contribution in [0.1, 0.15) is 12.0 Å². The normalized spacial score (nSPS) is 11.0. The summed E-state index contributed by atoms with van der Waals surface area (Å²) in [6.07, 6.45) is 0.247. The van der Waals surface area contributed by atoms with Gasteiger partial charge in [0.25, 0.3) is 10.0 Å². The molecular formula is C16H15NO3S. The standard InChI is InChI=1S/C16H15NO3S/c18-17(21(19,20)16-12-5-2-6-13-16)14-8-7-11-15-9-3-1-4-10-15/h1-6,9-10,12-13,18H,8,14H2. The molecule has 0 spiro atoms. The predicted molar refractivity (Wildman–Crippen MR) is 80.1 cm³/mol. The van der Waals surface area contributed by atoms with E-state index in [2.05, 4.69) is 11.8 Å². The lowest BCUT2D eigenvalue weighted by molar-refractivity contribution is 0.00547. The summed E-state index contributed by atoms with van der Waals surface area (Å²) in [6, 6.07) is 17.2. The maximum atomic E-state index is 12.0. The van der Waals surface area contributed by atoms with Crippen LogP contribution in [0.5, 0.6) is 0 Å². The summed E-state index contributed by atoms with van der Waals surface area (Å²) in [5.74, 6) is 5.75. The summed E-state index contributed by atoms with van der Waals surface area (Å²) in [4.78, 5) is 0.0588. The van der Waals surface area contributed by atoms with Crippen molar-refractivity contribution in [3.8, 4) is 11.8 Å². The van der Waals surface area contributed by atoms with Crippen molar-refractivity contribution in [1.82, 2.24) is 4.47 Å². The van der Waals surface area contributed by atoms with Gasteiger partial charge in [-0.1, -0.05) is 52.7 Å². The van der Waals surface area contributed by atoms with Gasteiger partial charge in [-0.2, -0.15) is 0 Å². The topological polar surface area (TPSA) is 57.6 Å². The molecule has 0 bridgehead atoms. The van der Waals surface area contributed by atoms with Crippen molar-refractivity contribution >= 4 is 10.0 Å². The fourth-order valence-corrected chi connectivity index (χ4v) is 2.75. The molecule has 2 aromatic rings. The Bertz CT molecular complexity index is 731. The molecule has 0 saturated carbocycles. The lowest BCUT2D eigenvalue weighted by Crippen LogP contribution is -2.28. The van der Waals surface area contributed by atoms with Crippen LogP contribution in [0.15, 0.2) is 65.6 Å². The van der Waals surface area contributed by atoms with E-state index in [0.717, 1.165) is 5.56 Å². The monoisotopic (exact) mass is 301 g/mol. The van der Waals surface area contributed by atoms with E-state index in [-0.39, 0.29) is 17.9 Å². The van der Waals surface area contributed by atoms with Gasteiger partial charge in [0.05, 0.1) is 11.4 Å². The Morgan fingerprint density at radius 2 is 1.52 bits per heavy atom. The quantitative estimate of drug-likeness (QED) is 0.697. The van der Waals surface area contributed by atoms with Crippen LogP contribution < -0.4 is 0 Å². The fourth-order valence-electron chi connectivity index (χ4n) is 1.67. The van der Waals surface area contributed by atoms with Crippen molar-refractivity contribution in [2.45, 2.75) is 11.3 Å². The van der Waals surface area contributed by atoms with Crippen LogP contribution in [0, 0.1) is 11.8 Å². The highest BCUT2D eigenvalue weighted by atomic mass is 32.2. The predicted octanol–water partition coefficient (Wildman–Crippen LogP) is 2.51. The summed E-state index contributed by atoms with van der Waals surface area (Å²) < 4.78 is 24.4. The molecule has 0 unspecified atom stereocenters. The molecule has 0 radical (unpaired) electrons. The number of rotatable bonds is 4. The number of nitrogens with zero attached hydrogens (tertiary/aromatic N) is 1. The van der Waals surface area contributed by atoms with Gasteiger partial charge in [0, 0.05) is 12.0 Å². The molecule has 0 amide bonds. The van der Waals surface area contributed by atoms with Crippen LogP contribution in [-0.4, -0.2) is 24.6 Å². The van der Waals surface area contributed by atoms with Gasteiger partial charge in [-0.25, -0.2) is 8.42 Å². The van der Waals surface area contributed by atoms with Gasteiger partial charge in [-0.15, -0.1) is 0 Å². The smallest absolute Gasteiger partial charge is 0.264 e. The first-order valence-corrected chi connectivity index (χ1v) is 7.85. The minimum atomic E-state index is -3.86. The van der Waals surface area contributed by atoms with Crippen molar-refractivity contribution < 1.29 is 13.6 Å². The maximum Gasteiger partial charge on any atom is 0.264 e. The van der Waals surface area contributed by atoms with Gasteiger partial charge >= 0.3 is 0 Å². The van der Waals surface area contributed by atoms with E-state index in [0.29, 0.717) is 4.47 Å². The molecule has 0 aromatic heterocycles. The van der Waals surface area contributed by atoms with Crippen molar-refractivity contribution in [3.05, 3.63) is 66.2 Å². The molecule has 5 heteroatoms. The van der Waals surface area contributed by atoms with Gasteiger partial charge in [0.1, 0.15) is 0 Å². The zero-order valence-corrected chi connectivity index (χ0v) is 12.1. The summed E-state index contributed by atoms with van der Waals surface area (Å²) in [6.45, 7) is -0.0724. The van der Waals surface area contributed by atoms with Crippen molar-refractivity contribution in [2.24, 2.45) is 0 Å². The minimum absolute atomic E-state index is 0.0588. The highest BCUT2D eigenvalue weighted by Gasteiger charge is 2.21. The number of hydroxylamine groups is 1. The third-order valence-corrected chi connectivity index (χ3v) is 4.36. The maximum absolute atomic E-state index is 12.0. The largest absolute Gasteiger partial charge is 0.299 e. The molecule has 0 aliphatic carbocycles. The summed E-state index contributed by atoms with van der Waals surface area (Å²) in [5.41, 5.74) is 0.855. The van der Waals surface area contributed by atoms with Crippen LogP contribution in [0.25, 0.3) is 0 Å². The van der Waals surface area contributed by atoms with Crippen LogP contribution >= 0.6 is 0 Å². The highest BCUT2D eigenvalue weighted by Crippen LogP contribution is 2.13.